The summed E-state index contributed by atoms with van der Waals surface area (Å²) in [6.45, 7) is 2.43. The van der Waals surface area contributed by atoms with Crippen LogP contribution >= 0.6 is 23.8 Å². The zero-order valence-corrected chi connectivity index (χ0v) is 23.7. The molecule has 12 nitrogen and oxygen atoms in total. The third-order valence-corrected chi connectivity index (χ3v) is 8.50. The van der Waals surface area contributed by atoms with Crippen molar-refractivity contribution in [1.82, 2.24) is 24.7 Å². The second-order valence-electron chi connectivity index (χ2n) is 10.7. The summed E-state index contributed by atoms with van der Waals surface area (Å²) in [4.78, 5) is 41.1. The van der Waals surface area contributed by atoms with Gasteiger partial charge >= 0.3 is 5.97 Å². The molecule has 2 atom stereocenters. The molecule has 2 aliphatic carbocycles. The van der Waals surface area contributed by atoms with Gasteiger partial charge < -0.3 is 20.0 Å². The van der Waals surface area contributed by atoms with Crippen molar-refractivity contribution in [3.05, 3.63) is 63.6 Å². The number of Topliss-reactive ketones (excluding diaryl/α,β-unsaturated/α-hetero) is 1. The number of carboxylic acid groups (broad SMARTS) is 1. The lowest BCUT2D eigenvalue weighted by atomic mass is 9.82. The van der Waals surface area contributed by atoms with Crippen LogP contribution in [0.2, 0.25) is 5.02 Å². The van der Waals surface area contributed by atoms with Crippen LogP contribution in [-0.2, 0) is 16.3 Å². The average molecular weight is 616 g/mol. The number of carboxylic acids is 1. The topological polar surface area (TPSA) is 143 Å². The highest BCUT2D eigenvalue weighted by Crippen LogP contribution is 2.41. The SMILES string of the molecule is O=NC(=S)NNc1c(O)n(CN2CCN(C3=CC4C(C=C3F)C(=O)C(C(=O)O)=CN4C3CC3)CC2)c2ccc(Cl)cc12. The van der Waals surface area contributed by atoms with Crippen LogP contribution in [-0.4, -0.2) is 84.6 Å². The Morgan fingerprint density at radius 3 is 2.60 bits per heavy atom. The summed E-state index contributed by atoms with van der Waals surface area (Å²) >= 11 is 11.0. The number of aromatic nitrogens is 1. The monoisotopic (exact) mass is 615 g/mol. The van der Waals surface area contributed by atoms with E-state index in [4.69, 9.17) is 23.8 Å². The number of hydrogen-bond acceptors (Lipinski definition) is 9. The van der Waals surface area contributed by atoms with Crippen LogP contribution in [0.3, 0.4) is 0 Å². The lowest BCUT2D eigenvalue weighted by molar-refractivity contribution is -0.136. The quantitative estimate of drug-likeness (QED) is 0.158. The zero-order valence-electron chi connectivity index (χ0n) is 22.2. The Labute approximate surface area is 249 Å². The first-order valence-corrected chi connectivity index (χ1v) is 14.2. The highest BCUT2D eigenvalue weighted by atomic mass is 35.5. The molecule has 2 aromatic rings. The number of carbonyl (C=O) groups is 2. The molecule has 4 aliphatic rings. The number of fused-ring (bicyclic) bond motifs is 2. The normalized spacial score (nSPS) is 22.7. The molecule has 15 heteroatoms. The Hall–Kier alpha value is -4.01. The Kier molecular flexibility index (Phi) is 7.37. The standard InChI is InChI=1S/C27H27ClFN7O5S/c28-14-1-4-20-16(9-14)23(30-31-27(42)32-41)25(38)36(20)13-33-5-7-34(8-6-33)22-11-21-17(10-19(22)29)24(37)18(26(39)40)12-35(21)15-2-3-15/h1,4,9-12,15,17,21,30,38H,2-3,5-8,13H2,(H,31,42)(H,39,40). The second kappa shape index (κ2) is 11.0. The number of ketones is 1. The molecule has 0 amide bonds. The lowest BCUT2D eigenvalue weighted by Gasteiger charge is -2.42. The molecule has 42 heavy (non-hydrogen) atoms. The van der Waals surface area contributed by atoms with E-state index in [0.29, 0.717) is 54.5 Å². The van der Waals surface area contributed by atoms with E-state index in [0.717, 1.165) is 12.8 Å². The van der Waals surface area contributed by atoms with Crippen LogP contribution in [0.25, 0.3) is 10.9 Å². The minimum absolute atomic E-state index is 0.0955. The number of thiocarbonyl (C=S) groups is 1. The summed E-state index contributed by atoms with van der Waals surface area (Å²) in [6.07, 6.45) is 6.25. The van der Waals surface area contributed by atoms with Gasteiger partial charge in [-0.05, 0) is 55.4 Å². The van der Waals surface area contributed by atoms with E-state index in [1.165, 1.54) is 12.3 Å². The molecule has 0 radical (unpaired) electrons. The van der Waals surface area contributed by atoms with Crippen LogP contribution in [0.15, 0.2) is 58.8 Å². The van der Waals surface area contributed by atoms with Gasteiger partial charge in [-0.2, -0.15) is 0 Å². The number of benzene rings is 1. The van der Waals surface area contributed by atoms with E-state index in [1.54, 1.807) is 28.8 Å². The number of aliphatic carboxylic acids is 1. The fourth-order valence-electron chi connectivity index (χ4n) is 5.85. The molecule has 1 aromatic carbocycles. The average Bonchev–Trinajstić information content (AvgIpc) is 3.78. The van der Waals surface area contributed by atoms with Crippen molar-refractivity contribution in [3.63, 3.8) is 0 Å². The molecule has 4 N–H and O–H groups in total. The van der Waals surface area contributed by atoms with E-state index in [1.807, 2.05) is 9.80 Å². The molecule has 2 fully saturated rings. The van der Waals surface area contributed by atoms with E-state index >= 15 is 4.39 Å². The van der Waals surface area contributed by atoms with Gasteiger partial charge in [-0.15, -0.1) is 4.91 Å². The molecule has 220 valence electrons. The summed E-state index contributed by atoms with van der Waals surface area (Å²) in [7, 11) is 0. The lowest BCUT2D eigenvalue weighted by Crippen LogP contribution is -2.50. The van der Waals surface area contributed by atoms with Crippen molar-refractivity contribution in [1.29, 1.82) is 0 Å². The Balaban J connectivity index is 1.19. The molecule has 2 unspecified atom stereocenters. The summed E-state index contributed by atoms with van der Waals surface area (Å²) in [6, 6.07) is 4.87. The van der Waals surface area contributed by atoms with Crippen molar-refractivity contribution in [2.75, 3.05) is 31.6 Å². The Bertz CT molecular complexity index is 1590. The minimum atomic E-state index is -1.30. The molecule has 1 saturated carbocycles. The first-order chi connectivity index (χ1) is 20.2. The Morgan fingerprint density at radius 2 is 1.93 bits per heavy atom. The van der Waals surface area contributed by atoms with Gasteiger partial charge in [0.2, 0.25) is 5.88 Å². The van der Waals surface area contributed by atoms with Gasteiger partial charge in [0.15, 0.2) is 5.78 Å². The number of nitrogens with zero attached hydrogens (tertiary/aromatic N) is 5. The van der Waals surface area contributed by atoms with E-state index < -0.39 is 29.5 Å². The largest absolute Gasteiger partial charge is 0.493 e. The predicted octanol–water partition coefficient (Wildman–Crippen LogP) is 3.29. The van der Waals surface area contributed by atoms with E-state index in [-0.39, 0.29) is 28.3 Å². The molecule has 2 aliphatic heterocycles. The summed E-state index contributed by atoms with van der Waals surface area (Å²) in [5, 5.41) is 23.9. The second-order valence-corrected chi connectivity index (χ2v) is 11.5. The van der Waals surface area contributed by atoms with Gasteiger partial charge in [0.25, 0.3) is 5.11 Å². The highest BCUT2D eigenvalue weighted by molar-refractivity contribution is 7.80. The smallest absolute Gasteiger partial charge is 0.340 e. The summed E-state index contributed by atoms with van der Waals surface area (Å²) in [5.41, 5.74) is 6.28. The number of anilines is 1. The fraction of sp³-hybridized carbons (Fsp3) is 0.370. The summed E-state index contributed by atoms with van der Waals surface area (Å²) in [5.74, 6) is -3.37. The van der Waals surface area contributed by atoms with E-state index in [2.05, 4.69) is 20.9 Å². The number of aromatic hydroxyl groups is 1. The van der Waals surface area contributed by atoms with Crippen LogP contribution < -0.4 is 10.9 Å². The van der Waals surface area contributed by atoms with Gasteiger partial charge in [-0.1, -0.05) is 11.6 Å². The van der Waals surface area contributed by atoms with Crippen molar-refractivity contribution in [2.24, 2.45) is 11.1 Å². The third kappa shape index (κ3) is 5.10. The number of piperazine rings is 1. The van der Waals surface area contributed by atoms with Gasteiger partial charge in [-0.3, -0.25) is 25.1 Å². The van der Waals surface area contributed by atoms with E-state index in [9.17, 15) is 24.7 Å². The van der Waals surface area contributed by atoms with Gasteiger partial charge in [-0.25, -0.2) is 9.18 Å². The van der Waals surface area contributed by atoms with Crippen molar-refractivity contribution in [3.8, 4) is 5.88 Å². The molecule has 6 rings (SSSR count). The minimum Gasteiger partial charge on any atom is -0.493 e. The molecule has 0 bridgehead atoms. The molecule has 0 spiro atoms. The van der Waals surface area contributed by atoms with Gasteiger partial charge in [0.1, 0.15) is 17.1 Å². The zero-order chi connectivity index (χ0) is 29.7. The highest BCUT2D eigenvalue weighted by Gasteiger charge is 2.45. The number of allylic oxidation sites excluding steroid dienone is 1. The van der Waals surface area contributed by atoms with Crippen LogP contribution in [0.5, 0.6) is 5.88 Å². The maximum absolute atomic E-state index is 15.4. The maximum atomic E-state index is 15.4. The van der Waals surface area contributed by atoms with Crippen molar-refractivity contribution in [2.45, 2.75) is 31.6 Å². The maximum Gasteiger partial charge on any atom is 0.340 e. The fourth-order valence-corrected chi connectivity index (χ4v) is 6.08. The van der Waals surface area contributed by atoms with Gasteiger partial charge in [0, 0.05) is 54.0 Å². The van der Waals surface area contributed by atoms with Crippen LogP contribution in [0.4, 0.5) is 10.1 Å². The number of carbonyl (C=O) groups excluding carboxylic acids is 1. The van der Waals surface area contributed by atoms with Crippen LogP contribution in [0.1, 0.15) is 12.8 Å². The molecule has 1 saturated heterocycles. The van der Waals surface area contributed by atoms with Crippen LogP contribution in [0, 0.1) is 10.8 Å². The number of nitrogens with one attached hydrogen (secondary N) is 2. The Morgan fingerprint density at radius 1 is 1.19 bits per heavy atom. The molecular formula is C27H27ClFN7O5S. The van der Waals surface area contributed by atoms with Crippen molar-refractivity contribution < 1.29 is 24.2 Å². The molecular weight excluding hydrogens is 589 g/mol. The number of nitroso groups, excluding NO2 is 1. The molecule has 3 heterocycles. The summed E-state index contributed by atoms with van der Waals surface area (Å²) < 4.78 is 17.1. The first-order valence-electron chi connectivity index (χ1n) is 13.4. The predicted molar refractivity (Wildman–Crippen MR) is 157 cm³/mol. The number of hydrazine groups is 1. The number of hydrogen-bond donors (Lipinski definition) is 4. The number of halogens is 2. The van der Waals surface area contributed by atoms with Gasteiger partial charge in [0.05, 0.1) is 29.8 Å². The third-order valence-electron chi connectivity index (χ3n) is 8.09. The first kappa shape index (κ1) is 28.1. The number of rotatable bonds is 7. The molecule has 1 aromatic heterocycles. The van der Waals surface area contributed by atoms with Crippen molar-refractivity contribution >= 4 is 57.3 Å².